The normalized spacial score (nSPS) is 13.3. The van der Waals surface area contributed by atoms with Crippen LogP contribution in [-0.4, -0.2) is 0 Å². The topological polar surface area (TPSA) is 0 Å². The Bertz CT molecular complexity index is 3030. The summed E-state index contributed by atoms with van der Waals surface area (Å²) < 4.78 is 2.74. The Morgan fingerprint density at radius 2 is 0.904 bits per heavy atom. The van der Waals surface area contributed by atoms with E-state index >= 15 is 0 Å². The molecule has 0 unspecified atom stereocenters. The van der Waals surface area contributed by atoms with Crippen LogP contribution >= 0.6 is 11.3 Å². The zero-order valence-electron chi connectivity index (χ0n) is 29.1. The van der Waals surface area contributed by atoms with Crippen molar-refractivity contribution in [1.82, 2.24) is 0 Å². The van der Waals surface area contributed by atoms with E-state index in [-0.39, 0.29) is 5.41 Å². The molecule has 0 saturated heterocycles. The first-order chi connectivity index (χ1) is 25.6. The molecule has 0 saturated carbocycles. The van der Waals surface area contributed by atoms with Gasteiger partial charge in [0.25, 0.3) is 0 Å². The second-order valence-corrected chi connectivity index (χ2v) is 15.8. The molecule has 0 atom stereocenters. The van der Waals surface area contributed by atoms with E-state index in [9.17, 15) is 0 Å². The van der Waals surface area contributed by atoms with Crippen molar-refractivity contribution in [2.24, 2.45) is 0 Å². The maximum absolute atomic E-state index is 2.48. The van der Waals surface area contributed by atoms with Crippen molar-refractivity contribution in [3.05, 3.63) is 181 Å². The molecule has 9 aromatic carbocycles. The molecule has 244 valence electrons. The van der Waals surface area contributed by atoms with Crippen molar-refractivity contribution in [1.29, 1.82) is 0 Å². The van der Waals surface area contributed by atoms with Gasteiger partial charge >= 0.3 is 0 Å². The van der Waals surface area contributed by atoms with Crippen LogP contribution in [0.25, 0.3) is 97.0 Å². The number of thiophene rings is 1. The molecular formula is C51H34S. The molecular weight excluding hydrogens is 645 g/mol. The Morgan fingerprint density at radius 1 is 0.365 bits per heavy atom. The zero-order valence-corrected chi connectivity index (χ0v) is 29.9. The van der Waals surface area contributed by atoms with Crippen LogP contribution in [-0.2, 0) is 5.41 Å². The summed E-state index contributed by atoms with van der Waals surface area (Å²) >= 11 is 1.92. The number of fused-ring (bicyclic) bond motifs is 11. The van der Waals surface area contributed by atoms with Crippen LogP contribution in [0.5, 0.6) is 0 Å². The first-order valence-corrected chi connectivity index (χ1v) is 19.0. The third kappa shape index (κ3) is 4.15. The number of hydrogen-bond acceptors (Lipinski definition) is 1. The van der Waals surface area contributed by atoms with Gasteiger partial charge in [-0.3, -0.25) is 0 Å². The SMILES string of the molecule is CC1(C)c2ccc(-c3c4ccccc4c(-c4cccc(-c5ccccc5)c4)c4ccccc34)cc2-c2ccc3c(ccc4c5ccccc5sc34)c21. The molecule has 10 aromatic rings. The Balaban J connectivity index is 1.14. The highest BCUT2D eigenvalue weighted by Crippen LogP contribution is 2.54. The Labute approximate surface area is 307 Å². The van der Waals surface area contributed by atoms with Crippen LogP contribution in [0.1, 0.15) is 25.0 Å². The van der Waals surface area contributed by atoms with Gasteiger partial charge < -0.3 is 0 Å². The summed E-state index contributed by atoms with van der Waals surface area (Å²) in [5.74, 6) is 0. The van der Waals surface area contributed by atoms with Gasteiger partial charge in [0, 0.05) is 25.6 Å². The van der Waals surface area contributed by atoms with Gasteiger partial charge in [-0.15, -0.1) is 11.3 Å². The molecule has 0 fully saturated rings. The molecule has 0 spiro atoms. The van der Waals surface area contributed by atoms with E-state index in [1.54, 1.807) is 0 Å². The van der Waals surface area contributed by atoms with Gasteiger partial charge in [-0.05, 0) is 106 Å². The smallest absolute Gasteiger partial charge is 0.0433 e. The van der Waals surface area contributed by atoms with Gasteiger partial charge in [0.15, 0.2) is 0 Å². The average molecular weight is 679 g/mol. The average Bonchev–Trinajstić information content (AvgIpc) is 3.69. The van der Waals surface area contributed by atoms with Crippen molar-refractivity contribution in [3.8, 4) is 44.5 Å². The predicted octanol–water partition coefficient (Wildman–Crippen LogP) is 14.8. The van der Waals surface area contributed by atoms with E-state index in [1.807, 2.05) is 11.3 Å². The van der Waals surface area contributed by atoms with E-state index < -0.39 is 0 Å². The van der Waals surface area contributed by atoms with Crippen LogP contribution in [0.3, 0.4) is 0 Å². The molecule has 1 aliphatic rings. The van der Waals surface area contributed by atoms with Gasteiger partial charge in [-0.2, -0.15) is 0 Å². The first-order valence-electron chi connectivity index (χ1n) is 18.2. The summed E-state index contributed by atoms with van der Waals surface area (Å²) in [7, 11) is 0. The quantitative estimate of drug-likeness (QED) is 0.163. The van der Waals surface area contributed by atoms with Gasteiger partial charge in [-0.1, -0.05) is 166 Å². The Kier molecular flexibility index (Phi) is 6.27. The summed E-state index contributed by atoms with van der Waals surface area (Å²) in [5, 5.41) is 10.6. The summed E-state index contributed by atoms with van der Waals surface area (Å²) in [6, 6.07) is 63.4. The minimum Gasteiger partial charge on any atom is -0.135 e. The molecule has 1 heteroatoms. The van der Waals surface area contributed by atoms with E-state index in [2.05, 4.69) is 184 Å². The van der Waals surface area contributed by atoms with Gasteiger partial charge in [0.05, 0.1) is 0 Å². The fraction of sp³-hybridized carbons (Fsp3) is 0.0588. The van der Waals surface area contributed by atoms with E-state index in [0.717, 1.165) is 0 Å². The van der Waals surface area contributed by atoms with E-state index in [4.69, 9.17) is 0 Å². The van der Waals surface area contributed by atoms with Crippen molar-refractivity contribution >= 4 is 63.8 Å². The van der Waals surface area contributed by atoms with Crippen molar-refractivity contribution in [3.63, 3.8) is 0 Å². The zero-order chi connectivity index (χ0) is 34.6. The van der Waals surface area contributed by atoms with Crippen LogP contribution in [0, 0.1) is 0 Å². The lowest BCUT2D eigenvalue weighted by Crippen LogP contribution is -2.15. The highest BCUT2D eigenvalue weighted by molar-refractivity contribution is 7.26. The van der Waals surface area contributed by atoms with Crippen LogP contribution in [0.15, 0.2) is 170 Å². The fourth-order valence-corrected chi connectivity index (χ4v) is 10.6. The molecule has 0 aliphatic heterocycles. The maximum atomic E-state index is 2.48. The minimum atomic E-state index is -0.120. The fourth-order valence-electron chi connectivity index (χ4n) is 9.32. The lowest BCUT2D eigenvalue weighted by Gasteiger charge is -2.23. The second-order valence-electron chi connectivity index (χ2n) is 14.8. The van der Waals surface area contributed by atoms with Gasteiger partial charge in [-0.25, -0.2) is 0 Å². The molecule has 1 heterocycles. The summed E-state index contributed by atoms with van der Waals surface area (Å²) in [6.07, 6.45) is 0. The number of benzene rings is 9. The predicted molar refractivity (Wildman–Crippen MR) is 226 cm³/mol. The second kappa shape index (κ2) is 11.0. The van der Waals surface area contributed by atoms with Crippen LogP contribution < -0.4 is 0 Å². The van der Waals surface area contributed by atoms with Crippen LogP contribution in [0.4, 0.5) is 0 Å². The molecule has 1 aliphatic carbocycles. The molecule has 1 aromatic heterocycles. The standard InChI is InChI=1S/C51H34S/c1-51(2)45-28-23-34(30-44(45)41-25-27-43-40(49(41)51)24-26-42-35-17-10-11-22-46(35)52-50(42)43)48-38-20-8-6-18-36(38)47(37-19-7-9-21-39(37)48)33-16-12-15-32(29-33)31-13-4-3-5-14-31/h3-30H,1-2H3. The highest BCUT2D eigenvalue weighted by Gasteiger charge is 2.37. The lowest BCUT2D eigenvalue weighted by molar-refractivity contribution is 0.666. The molecule has 11 rings (SSSR count). The minimum absolute atomic E-state index is 0.120. The highest BCUT2D eigenvalue weighted by atomic mass is 32.1. The molecule has 0 bridgehead atoms. The largest absolute Gasteiger partial charge is 0.135 e. The summed E-state index contributed by atoms with van der Waals surface area (Å²) in [4.78, 5) is 0. The maximum Gasteiger partial charge on any atom is 0.0433 e. The molecule has 0 nitrogen and oxygen atoms in total. The Hall–Kier alpha value is -6.02. The summed E-state index contributed by atoms with van der Waals surface area (Å²) in [5.41, 5.74) is 13.0. The van der Waals surface area contributed by atoms with Crippen molar-refractivity contribution in [2.75, 3.05) is 0 Å². The molecule has 0 radical (unpaired) electrons. The summed E-state index contributed by atoms with van der Waals surface area (Å²) in [6.45, 7) is 4.82. The van der Waals surface area contributed by atoms with Gasteiger partial charge in [0.1, 0.15) is 0 Å². The van der Waals surface area contributed by atoms with Gasteiger partial charge in [0.2, 0.25) is 0 Å². The van der Waals surface area contributed by atoms with Crippen molar-refractivity contribution in [2.45, 2.75) is 19.3 Å². The molecule has 0 amide bonds. The molecule has 0 N–H and O–H groups in total. The lowest BCUT2D eigenvalue weighted by atomic mass is 9.79. The Morgan fingerprint density at radius 3 is 1.62 bits per heavy atom. The number of hydrogen-bond donors (Lipinski definition) is 0. The third-order valence-electron chi connectivity index (χ3n) is 11.6. The third-order valence-corrected chi connectivity index (χ3v) is 12.8. The number of rotatable bonds is 3. The monoisotopic (exact) mass is 678 g/mol. The van der Waals surface area contributed by atoms with E-state index in [1.165, 1.54) is 108 Å². The molecule has 52 heavy (non-hydrogen) atoms. The first kappa shape index (κ1) is 29.7. The van der Waals surface area contributed by atoms with E-state index in [0.29, 0.717) is 0 Å². The van der Waals surface area contributed by atoms with Crippen molar-refractivity contribution < 1.29 is 0 Å². The van der Waals surface area contributed by atoms with Crippen LogP contribution in [0.2, 0.25) is 0 Å².